The normalized spacial score (nSPS) is 12.1. The first kappa shape index (κ1) is 10.7. The van der Waals surface area contributed by atoms with Gasteiger partial charge in [-0.05, 0) is 19.4 Å². The first-order valence-corrected chi connectivity index (χ1v) is 4.62. The molecule has 0 aromatic heterocycles. The smallest absolute Gasteiger partial charge is 0.179 e. The molecule has 0 bridgehead atoms. The van der Waals surface area contributed by atoms with Crippen molar-refractivity contribution in [3.8, 4) is 0 Å². The first-order chi connectivity index (χ1) is 6.65. The van der Waals surface area contributed by atoms with E-state index in [0.717, 1.165) is 5.56 Å². The van der Waals surface area contributed by atoms with E-state index in [4.69, 9.17) is 5.73 Å². The third-order valence-electron chi connectivity index (χ3n) is 2.06. The predicted octanol–water partition coefficient (Wildman–Crippen LogP) is 2.08. The van der Waals surface area contributed by atoms with Crippen molar-refractivity contribution in [2.75, 3.05) is 0 Å². The highest BCUT2D eigenvalue weighted by Gasteiger charge is 2.13. The van der Waals surface area contributed by atoms with Gasteiger partial charge >= 0.3 is 0 Å². The molecule has 0 amide bonds. The van der Waals surface area contributed by atoms with Crippen LogP contribution in [0, 0.1) is 6.92 Å². The van der Waals surface area contributed by atoms with Gasteiger partial charge in [-0.25, -0.2) is 0 Å². The van der Waals surface area contributed by atoms with E-state index >= 15 is 0 Å². The van der Waals surface area contributed by atoms with Crippen molar-refractivity contribution in [2.24, 2.45) is 5.73 Å². The Kier molecular flexibility index (Phi) is 3.60. The average molecular weight is 189 g/mol. The second-order valence-corrected chi connectivity index (χ2v) is 3.36. The summed E-state index contributed by atoms with van der Waals surface area (Å²) in [6.45, 7) is 5.52. The summed E-state index contributed by atoms with van der Waals surface area (Å²) in [4.78, 5) is 11.7. The maximum Gasteiger partial charge on any atom is 0.179 e. The van der Waals surface area contributed by atoms with Gasteiger partial charge in [0.1, 0.15) is 0 Å². The molecule has 0 aliphatic rings. The second kappa shape index (κ2) is 4.72. The number of benzene rings is 1. The van der Waals surface area contributed by atoms with Gasteiger partial charge in [0, 0.05) is 5.56 Å². The largest absolute Gasteiger partial charge is 0.321 e. The highest BCUT2D eigenvalue weighted by molar-refractivity contribution is 6.00. The lowest BCUT2D eigenvalue weighted by Gasteiger charge is -2.08. The topological polar surface area (TPSA) is 43.1 Å². The molecule has 0 saturated carbocycles. The number of carbonyl (C=O) groups excluding carboxylic acids is 1. The van der Waals surface area contributed by atoms with Gasteiger partial charge in [0.2, 0.25) is 0 Å². The molecule has 0 radical (unpaired) electrons. The van der Waals surface area contributed by atoms with E-state index in [0.29, 0.717) is 12.0 Å². The van der Waals surface area contributed by atoms with E-state index in [1.807, 2.05) is 25.1 Å². The number of nitrogens with two attached hydrogens (primary N) is 1. The molecular formula is C12H15NO. The van der Waals surface area contributed by atoms with Gasteiger partial charge in [0.25, 0.3) is 0 Å². The molecule has 1 unspecified atom stereocenters. The molecule has 14 heavy (non-hydrogen) atoms. The fourth-order valence-corrected chi connectivity index (χ4v) is 1.30. The van der Waals surface area contributed by atoms with E-state index in [1.54, 1.807) is 12.1 Å². The van der Waals surface area contributed by atoms with Crippen LogP contribution in [0.3, 0.4) is 0 Å². The summed E-state index contributed by atoms with van der Waals surface area (Å²) in [5, 5.41) is 0. The second-order valence-electron chi connectivity index (χ2n) is 3.36. The lowest BCUT2D eigenvalue weighted by Crippen LogP contribution is -2.29. The van der Waals surface area contributed by atoms with Gasteiger partial charge < -0.3 is 5.73 Å². The van der Waals surface area contributed by atoms with Crippen molar-refractivity contribution in [3.63, 3.8) is 0 Å². The third kappa shape index (κ3) is 2.54. The van der Waals surface area contributed by atoms with Gasteiger partial charge in [-0.2, -0.15) is 0 Å². The first-order valence-electron chi connectivity index (χ1n) is 4.62. The fourth-order valence-electron chi connectivity index (χ4n) is 1.30. The van der Waals surface area contributed by atoms with E-state index in [1.165, 1.54) is 0 Å². The molecule has 0 spiro atoms. The van der Waals surface area contributed by atoms with Crippen LogP contribution in [0.1, 0.15) is 22.3 Å². The summed E-state index contributed by atoms with van der Waals surface area (Å²) < 4.78 is 0. The zero-order valence-corrected chi connectivity index (χ0v) is 8.36. The zero-order valence-electron chi connectivity index (χ0n) is 8.36. The van der Waals surface area contributed by atoms with Crippen molar-refractivity contribution in [2.45, 2.75) is 19.4 Å². The molecule has 0 fully saturated rings. The van der Waals surface area contributed by atoms with Gasteiger partial charge in [-0.15, -0.1) is 6.58 Å². The Morgan fingerprint density at radius 3 is 2.93 bits per heavy atom. The average Bonchev–Trinajstić information content (AvgIpc) is 2.17. The zero-order chi connectivity index (χ0) is 10.6. The lowest BCUT2D eigenvalue weighted by atomic mass is 10.0. The highest BCUT2D eigenvalue weighted by atomic mass is 16.1. The number of hydrogen-bond acceptors (Lipinski definition) is 2. The Hall–Kier alpha value is -1.41. The highest BCUT2D eigenvalue weighted by Crippen LogP contribution is 2.07. The van der Waals surface area contributed by atoms with Gasteiger partial charge in [-0.1, -0.05) is 29.8 Å². The van der Waals surface area contributed by atoms with Crippen molar-refractivity contribution >= 4 is 5.78 Å². The molecule has 0 heterocycles. The lowest BCUT2D eigenvalue weighted by molar-refractivity contribution is 0.0962. The Balaban J connectivity index is 2.83. The van der Waals surface area contributed by atoms with Crippen molar-refractivity contribution in [1.29, 1.82) is 0 Å². The maximum absolute atomic E-state index is 11.7. The van der Waals surface area contributed by atoms with Crippen LogP contribution in [0.25, 0.3) is 0 Å². The monoisotopic (exact) mass is 189 g/mol. The molecule has 0 aliphatic carbocycles. The molecule has 1 atom stereocenters. The SMILES string of the molecule is C=CCC(N)C(=O)c1cccc(C)c1. The summed E-state index contributed by atoms with van der Waals surface area (Å²) in [6.07, 6.45) is 2.19. The van der Waals surface area contributed by atoms with E-state index < -0.39 is 6.04 Å². The van der Waals surface area contributed by atoms with Gasteiger partial charge in [-0.3, -0.25) is 4.79 Å². The third-order valence-corrected chi connectivity index (χ3v) is 2.06. The molecule has 2 N–H and O–H groups in total. The molecule has 0 saturated heterocycles. The quantitative estimate of drug-likeness (QED) is 0.582. The molecule has 1 aromatic carbocycles. The van der Waals surface area contributed by atoms with E-state index in [2.05, 4.69) is 6.58 Å². The predicted molar refractivity (Wildman–Crippen MR) is 58.3 cm³/mol. The maximum atomic E-state index is 11.7. The summed E-state index contributed by atoms with van der Waals surface area (Å²) >= 11 is 0. The van der Waals surface area contributed by atoms with Crippen LogP contribution in [0.2, 0.25) is 0 Å². The van der Waals surface area contributed by atoms with E-state index in [-0.39, 0.29) is 5.78 Å². The molecule has 1 rings (SSSR count). The Labute approximate surface area is 84.4 Å². The number of rotatable bonds is 4. The van der Waals surface area contributed by atoms with Crippen molar-refractivity contribution in [1.82, 2.24) is 0 Å². The summed E-state index contributed by atoms with van der Waals surface area (Å²) in [7, 11) is 0. The van der Waals surface area contributed by atoms with Crippen LogP contribution < -0.4 is 5.73 Å². The van der Waals surface area contributed by atoms with E-state index in [9.17, 15) is 4.79 Å². The fraction of sp³-hybridized carbons (Fsp3) is 0.250. The standard InChI is InChI=1S/C12H15NO/c1-3-5-11(13)12(14)10-7-4-6-9(2)8-10/h3-4,6-8,11H,1,5,13H2,2H3. The minimum atomic E-state index is -0.464. The molecule has 2 nitrogen and oxygen atoms in total. The van der Waals surface area contributed by atoms with Crippen LogP contribution in [-0.4, -0.2) is 11.8 Å². The van der Waals surface area contributed by atoms with Crippen LogP contribution in [0.15, 0.2) is 36.9 Å². The van der Waals surface area contributed by atoms with Crippen molar-refractivity contribution in [3.05, 3.63) is 48.0 Å². The number of aryl methyl sites for hydroxylation is 1. The van der Waals surface area contributed by atoms with Gasteiger partial charge in [0.05, 0.1) is 6.04 Å². The van der Waals surface area contributed by atoms with Crippen LogP contribution in [-0.2, 0) is 0 Å². The summed E-state index contributed by atoms with van der Waals surface area (Å²) in [5.74, 6) is -0.0198. The Bertz CT molecular complexity index is 344. The minimum absolute atomic E-state index is 0.0198. The number of Topliss-reactive ketones (excluding diaryl/α,β-unsaturated/α-hetero) is 1. The van der Waals surface area contributed by atoms with Crippen molar-refractivity contribution < 1.29 is 4.79 Å². The molecule has 0 aliphatic heterocycles. The number of ketones is 1. The van der Waals surface area contributed by atoms with Crippen LogP contribution >= 0.6 is 0 Å². The summed E-state index contributed by atoms with van der Waals surface area (Å²) in [6, 6.07) is 7.00. The molecule has 1 aromatic rings. The van der Waals surface area contributed by atoms with Gasteiger partial charge in [0.15, 0.2) is 5.78 Å². The van der Waals surface area contributed by atoms with Crippen LogP contribution in [0.5, 0.6) is 0 Å². The minimum Gasteiger partial charge on any atom is -0.321 e. The molecule has 2 heteroatoms. The summed E-state index contributed by atoms with van der Waals surface area (Å²) in [5.41, 5.74) is 7.44. The molecular weight excluding hydrogens is 174 g/mol. The molecule has 74 valence electrons. The number of carbonyl (C=O) groups is 1. The number of hydrogen-bond donors (Lipinski definition) is 1. The van der Waals surface area contributed by atoms with Crippen LogP contribution in [0.4, 0.5) is 0 Å². The Morgan fingerprint density at radius 1 is 1.64 bits per heavy atom. The Morgan fingerprint density at radius 2 is 2.36 bits per heavy atom.